The molecule has 4 heteroatoms. The van der Waals surface area contributed by atoms with Gasteiger partial charge >= 0.3 is 7.12 Å². The average molecular weight is 376 g/mol. The van der Waals surface area contributed by atoms with Crippen molar-refractivity contribution >= 4 is 12.7 Å². The average Bonchev–Trinajstić information content (AvgIpc) is 2.89. The van der Waals surface area contributed by atoms with Gasteiger partial charge in [0.05, 0.1) is 11.2 Å². The summed E-state index contributed by atoms with van der Waals surface area (Å²) in [7, 11) is -0.300. The molecule has 1 aromatic carbocycles. The fourth-order valence-corrected chi connectivity index (χ4v) is 3.97. The van der Waals surface area contributed by atoms with Gasteiger partial charge in [-0.15, -0.1) is 0 Å². The molecule has 1 N–H and O–H groups in total. The van der Waals surface area contributed by atoms with Gasteiger partial charge in [-0.25, -0.2) is 0 Å². The highest BCUT2D eigenvalue weighted by molar-refractivity contribution is 6.55. The minimum Gasteiger partial charge on any atom is -0.508 e. The first-order valence-corrected chi connectivity index (χ1v) is 10.2. The Labute approximate surface area is 168 Å². The minimum absolute atomic E-state index is 0.300. The monoisotopic (exact) mass is 376 g/mol. The molecule has 0 amide bonds. The van der Waals surface area contributed by atoms with Crippen LogP contribution in [0.5, 0.6) is 5.75 Å². The van der Waals surface area contributed by atoms with E-state index in [1.54, 1.807) is 6.07 Å². The predicted octanol–water partition coefficient (Wildman–Crippen LogP) is 5.77. The van der Waals surface area contributed by atoms with Gasteiger partial charge in [-0.2, -0.15) is 0 Å². The largest absolute Gasteiger partial charge is 0.508 e. The number of phenolic OH excluding ortho intramolecular Hbond substituents is 1. The molecule has 3 nitrogen and oxygen atoms in total. The quantitative estimate of drug-likeness (QED) is 0.681. The number of phenols is 1. The number of benzene rings is 1. The van der Waals surface area contributed by atoms with E-state index in [2.05, 4.69) is 58.1 Å². The number of hydrogen-bond donors (Lipinski definition) is 1. The van der Waals surface area contributed by atoms with Crippen molar-refractivity contribution in [3.05, 3.63) is 70.8 Å². The van der Waals surface area contributed by atoms with E-state index >= 15 is 0 Å². The van der Waals surface area contributed by atoms with Gasteiger partial charge in [0.1, 0.15) is 5.75 Å². The van der Waals surface area contributed by atoms with Crippen LogP contribution in [0.1, 0.15) is 58.9 Å². The molecule has 0 radical (unpaired) electrons. The summed E-state index contributed by atoms with van der Waals surface area (Å²) in [6, 6.07) is 7.49. The Hall–Kier alpha value is -2.04. The van der Waals surface area contributed by atoms with E-state index in [0.29, 0.717) is 5.75 Å². The van der Waals surface area contributed by atoms with Crippen LogP contribution >= 0.6 is 0 Å². The van der Waals surface area contributed by atoms with Crippen molar-refractivity contribution in [3.8, 4) is 5.75 Å². The first-order valence-electron chi connectivity index (χ1n) is 10.2. The molecule has 1 fully saturated rings. The van der Waals surface area contributed by atoms with Crippen LogP contribution in [-0.2, 0) is 9.31 Å². The number of allylic oxidation sites excluding steroid dienone is 8. The maximum atomic E-state index is 9.80. The van der Waals surface area contributed by atoms with E-state index in [9.17, 15) is 5.11 Å². The second-order valence-electron chi connectivity index (χ2n) is 8.92. The van der Waals surface area contributed by atoms with Crippen molar-refractivity contribution in [2.75, 3.05) is 0 Å². The summed E-state index contributed by atoms with van der Waals surface area (Å²) in [4.78, 5) is 0. The molecule has 146 valence electrons. The molecule has 1 aliphatic heterocycles. The first-order chi connectivity index (χ1) is 13.2. The van der Waals surface area contributed by atoms with E-state index in [0.717, 1.165) is 36.7 Å². The lowest BCUT2D eigenvalue weighted by molar-refractivity contribution is 0.00578. The predicted molar refractivity (Wildman–Crippen MR) is 115 cm³/mol. The molecule has 1 heterocycles. The molecule has 4 rings (SSSR count). The molecule has 0 spiro atoms. The Kier molecular flexibility index (Phi) is 4.89. The van der Waals surface area contributed by atoms with Crippen molar-refractivity contribution in [1.29, 1.82) is 0 Å². The van der Waals surface area contributed by atoms with Crippen LogP contribution in [0, 0.1) is 0 Å². The molecule has 1 aromatic rings. The molecule has 0 atom stereocenters. The van der Waals surface area contributed by atoms with Gasteiger partial charge in [0.15, 0.2) is 0 Å². The van der Waals surface area contributed by atoms with Crippen LogP contribution in [0.3, 0.4) is 0 Å². The van der Waals surface area contributed by atoms with E-state index in [4.69, 9.17) is 9.31 Å². The number of aromatic hydroxyl groups is 1. The smallest absolute Gasteiger partial charge is 0.494 e. The zero-order valence-corrected chi connectivity index (χ0v) is 17.3. The van der Waals surface area contributed by atoms with Crippen LogP contribution in [0.25, 0.3) is 5.57 Å². The van der Waals surface area contributed by atoms with Crippen molar-refractivity contribution in [1.82, 2.24) is 0 Å². The summed E-state index contributed by atoms with van der Waals surface area (Å²) in [6.07, 6.45) is 13.2. The summed E-state index contributed by atoms with van der Waals surface area (Å²) >= 11 is 0. The molecule has 1 saturated heterocycles. The molecule has 0 aromatic heterocycles. The molecule has 0 unspecified atom stereocenters. The van der Waals surface area contributed by atoms with Crippen LogP contribution in [0.15, 0.2) is 65.2 Å². The van der Waals surface area contributed by atoms with E-state index in [-0.39, 0.29) is 18.3 Å². The Morgan fingerprint density at radius 2 is 1.54 bits per heavy atom. The first kappa shape index (κ1) is 19.3. The standard InChI is InChI=1S/C24H29BO3/c1-23(2)24(3,4)28-25(27-23)21-12-6-10-19(15-21)17-8-5-9-18(14-17)20-11-7-13-22(26)16-20/h7,9,11-16,26H,5-6,8,10H2,1-4H3. The highest BCUT2D eigenvalue weighted by Crippen LogP contribution is 2.41. The fraction of sp³-hybridized carbons (Fsp3) is 0.417. The van der Waals surface area contributed by atoms with E-state index in [1.807, 2.05) is 12.1 Å². The van der Waals surface area contributed by atoms with Crippen molar-refractivity contribution in [3.63, 3.8) is 0 Å². The topological polar surface area (TPSA) is 38.7 Å². The molecule has 2 aliphatic carbocycles. The summed E-state index contributed by atoms with van der Waals surface area (Å²) in [5, 5.41) is 9.80. The second-order valence-corrected chi connectivity index (χ2v) is 8.92. The molecular formula is C24H29BO3. The zero-order chi connectivity index (χ0) is 19.9. The third-order valence-electron chi connectivity index (χ3n) is 6.36. The number of rotatable bonds is 3. The Morgan fingerprint density at radius 1 is 0.893 bits per heavy atom. The van der Waals surface area contributed by atoms with Crippen LogP contribution < -0.4 is 0 Å². The Morgan fingerprint density at radius 3 is 2.21 bits per heavy atom. The third-order valence-corrected chi connectivity index (χ3v) is 6.36. The van der Waals surface area contributed by atoms with Gasteiger partial charge in [-0.05, 0) is 93.3 Å². The normalized spacial score (nSPS) is 23.6. The SMILES string of the molecule is CC1(C)OB(C2=CCCC(C3=CC(c4cccc(O)c4)=CCC3)=C2)OC1(C)C. The van der Waals surface area contributed by atoms with Gasteiger partial charge in [-0.3, -0.25) is 0 Å². The van der Waals surface area contributed by atoms with Crippen LogP contribution in [-0.4, -0.2) is 23.4 Å². The Bertz CT molecular complexity index is 886. The Balaban J connectivity index is 1.58. The van der Waals surface area contributed by atoms with Gasteiger partial charge in [0.2, 0.25) is 0 Å². The van der Waals surface area contributed by atoms with Gasteiger partial charge in [-0.1, -0.05) is 36.4 Å². The second kappa shape index (κ2) is 7.09. The minimum atomic E-state index is -0.320. The lowest BCUT2D eigenvalue weighted by Crippen LogP contribution is -2.41. The highest BCUT2D eigenvalue weighted by Gasteiger charge is 2.52. The molecule has 0 bridgehead atoms. The highest BCUT2D eigenvalue weighted by atomic mass is 16.7. The summed E-state index contributed by atoms with van der Waals surface area (Å²) in [6.45, 7) is 8.38. The fourth-order valence-electron chi connectivity index (χ4n) is 3.97. The van der Waals surface area contributed by atoms with Crippen molar-refractivity contribution in [2.24, 2.45) is 0 Å². The maximum Gasteiger partial charge on any atom is 0.494 e. The van der Waals surface area contributed by atoms with E-state index in [1.165, 1.54) is 16.7 Å². The maximum absolute atomic E-state index is 9.80. The van der Waals surface area contributed by atoms with Crippen LogP contribution in [0.2, 0.25) is 0 Å². The van der Waals surface area contributed by atoms with Crippen molar-refractivity contribution < 1.29 is 14.4 Å². The number of hydrogen-bond acceptors (Lipinski definition) is 3. The summed E-state index contributed by atoms with van der Waals surface area (Å²) < 4.78 is 12.5. The van der Waals surface area contributed by atoms with Gasteiger partial charge < -0.3 is 14.4 Å². The molecular weight excluding hydrogens is 347 g/mol. The lowest BCUT2D eigenvalue weighted by atomic mass is 9.73. The van der Waals surface area contributed by atoms with Crippen molar-refractivity contribution in [2.45, 2.75) is 64.6 Å². The van der Waals surface area contributed by atoms with E-state index < -0.39 is 0 Å². The lowest BCUT2D eigenvalue weighted by Gasteiger charge is -2.32. The molecule has 0 saturated carbocycles. The van der Waals surface area contributed by atoms with Crippen LogP contribution in [0.4, 0.5) is 0 Å². The van der Waals surface area contributed by atoms with Gasteiger partial charge in [0.25, 0.3) is 0 Å². The third kappa shape index (κ3) is 3.64. The zero-order valence-electron chi connectivity index (χ0n) is 17.3. The molecule has 3 aliphatic rings. The summed E-state index contributed by atoms with van der Waals surface area (Å²) in [5.74, 6) is 0.307. The van der Waals surface area contributed by atoms with Gasteiger partial charge in [0, 0.05) is 0 Å². The summed E-state index contributed by atoms with van der Waals surface area (Å²) in [5.41, 5.74) is 5.49. The molecule has 28 heavy (non-hydrogen) atoms.